The zero-order chi connectivity index (χ0) is 22.6. The highest BCUT2D eigenvalue weighted by Crippen LogP contribution is 2.25. The number of piperidine rings is 1. The second kappa shape index (κ2) is 9.58. The molecule has 1 N–H and O–H groups in total. The predicted molar refractivity (Wildman–Crippen MR) is 133 cm³/mol. The number of carbonyl (C=O) groups is 1. The van der Waals surface area contributed by atoms with Crippen LogP contribution in [0.2, 0.25) is 0 Å². The Labute approximate surface area is 196 Å². The fraction of sp³-hybridized carbons (Fsp3) is 0.269. The summed E-state index contributed by atoms with van der Waals surface area (Å²) in [5.74, 6) is 0.565. The predicted octanol–water partition coefficient (Wildman–Crippen LogP) is 4.04. The van der Waals surface area contributed by atoms with Crippen molar-refractivity contribution in [2.75, 3.05) is 18.0 Å². The van der Waals surface area contributed by atoms with E-state index in [9.17, 15) is 9.59 Å². The molecule has 0 bridgehead atoms. The Balaban J connectivity index is 1.40. The Morgan fingerprint density at radius 2 is 1.76 bits per heavy atom. The van der Waals surface area contributed by atoms with Gasteiger partial charge in [-0.05, 0) is 35.4 Å². The molecule has 7 heteroatoms. The Morgan fingerprint density at radius 3 is 2.52 bits per heavy atom. The SMILES string of the molecule is O=C(NCc1ccccc1)[C@@H]1CCCN(c2nc3ccsc3c(=O)n2Cc2ccccc2)C1. The van der Waals surface area contributed by atoms with Crippen LogP contribution in [-0.4, -0.2) is 28.5 Å². The van der Waals surface area contributed by atoms with E-state index in [1.165, 1.54) is 11.3 Å². The maximum Gasteiger partial charge on any atom is 0.273 e. The lowest BCUT2D eigenvalue weighted by atomic mass is 9.97. The first kappa shape index (κ1) is 21.4. The molecule has 1 amide bonds. The van der Waals surface area contributed by atoms with Gasteiger partial charge in [0, 0.05) is 19.6 Å². The molecule has 2 aromatic carbocycles. The van der Waals surface area contributed by atoms with Gasteiger partial charge in [-0.15, -0.1) is 11.3 Å². The minimum atomic E-state index is -0.136. The van der Waals surface area contributed by atoms with Gasteiger partial charge in [-0.1, -0.05) is 60.7 Å². The number of nitrogens with one attached hydrogen (secondary N) is 1. The van der Waals surface area contributed by atoms with Crippen molar-refractivity contribution in [3.63, 3.8) is 0 Å². The average Bonchev–Trinajstić information content (AvgIpc) is 3.35. The third-order valence-electron chi connectivity index (χ3n) is 6.11. The van der Waals surface area contributed by atoms with E-state index in [1.54, 1.807) is 4.57 Å². The summed E-state index contributed by atoms with van der Waals surface area (Å²) in [6.45, 7) is 2.31. The Bertz CT molecular complexity index is 1300. The van der Waals surface area contributed by atoms with Gasteiger partial charge in [0.25, 0.3) is 5.56 Å². The lowest BCUT2D eigenvalue weighted by Gasteiger charge is -2.34. The molecule has 0 aliphatic carbocycles. The summed E-state index contributed by atoms with van der Waals surface area (Å²) in [5.41, 5.74) is 2.83. The van der Waals surface area contributed by atoms with Gasteiger partial charge >= 0.3 is 0 Å². The Kier molecular flexibility index (Phi) is 6.21. The van der Waals surface area contributed by atoms with Gasteiger partial charge in [0.1, 0.15) is 4.70 Å². The minimum absolute atomic E-state index is 0.0236. The van der Waals surface area contributed by atoms with Crippen molar-refractivity contribution in [1.29, 1.82) is 0 Å². The fourth-order valence-corrected chi connectivity index (χ4v) is 5.16. The molecule has 0 spiro atoms. The molecule has 0 radical (unpaired) electrons. The number of rotatable bonds is 6. The average molecular weight is 459 g/mol. The molecule has 6 nitrogen and oxygen atoms in total. The van der Waals surface area contributed by atoms with E-state index < -0.39 is 0 Å². The number of aromatic nitrogens is 2. The minimum Gasteiger partial charge on any atom is -0.352 e. The molecule has 2 aromatic heterocycles. The molecule has 0 unspecified atom stereocenters. The molecule has 0 saturated carbocycles. The number of hydrogen-bond donors (Lipinski definition) is 1. The number of anilines is 1. The summed E-state index contributed by atoms with van der Waals surface area (Å²) in [6.07, 6.45) is 1.72. The standard InChI is InChI=1S/C26H26N4O2S/c31-24(27-16-19-8-3-1-4-9-19)21-12-7-14-29(18-21)26-28-22-13-15-33-23(22)25(32)30(26)17-20-10-5-2-6-11-20/h1-6,8-11,13,15,21H,7,12,14,16-18H2,(H,27,31)/t21-/m1/s1. The summed E-state index contributed by atoms with van der Waals surface area (Å²) >= 11 is 1.43. The van der Waals surface area contributed by atoms with Crippen LogP contribution in [0.3, 0.4) is 0 Å². The van der Waals surface area contributed by atoms with Crippen LogP contribution >= 0.6 is 11.3 Å². The van der Waals surface area contributed by atoms with Crippen molar-refractivity contribution < 1.29 is 4.79 Å². The van der Waals surface area contributed by atoms with Gasteiger partial charge in [-0.3, -0.25) is 14.2 Å². The topological polar surface area (TPSA) is 67.2 Å². The second-order valence-electron chi connectivity index (χ2n) is 8.41. The summed E-state index contributed by atoms with van der Waals surface area (Å²) in [5, 5.41) is 4.99. The zero-order valence-corrected chi connectivity index (χ0v) is 19.1. The fourth-order valence-electron chi connectivity index (χ4n) is 4.38. The molecule has 3 heterocycles. The number of benzene rings is 2. The van der Waals surface area contributed by atoms with Gasteiger partial charge in [-0.25, -0.2) is 4.98 Å². The van der Waals surface area contributed by atoms with E-state index >= 15 is 0 Å². The van der Waals surface area contributed by atoms with E-state index in [4.69, 9.17) is 4.98 Å². The van der Waals surface area contributed by atoms with E-state index in [2.05, 4.69) is 10.2 Å². The van der Waals surface area contributed by atoms with Crippen LogP contribution in [0.5, 0.6) is 0 Å². The molecule has 1 aliphatic heterocycles. The smallest absolute Gasteiger partial charge is 0.273 e. The van der Waals surface area contributed by atoms with Crippen LogP contribution in [0.15, 0.2) is 76.9 Å². The summed E-state index contributed by atoms with van der Waals surface area (Å²) < 4.78 is 2.43. The van der Waals surface area contributed by atoms with Crippen molar-refractivity contribution in [3.8, 4) is 0 Å². The molecule has 5 rings (SSSR count). The van der Waals surface area contributed by atoms with Gasteiger partial charge in [0.15, 0.2) is 0 Å². The molecular weight excluding hydrogens is 432 g/mol. The van der Waals surface area contributed by atoms with Crippen molar-refractivity contribution in [3.05, 3.63) is 93.6 Å². The summed E-state index contributed by atoms with van der Waals surface area (Å²) in [4.78, 5) is 33.3. The molecule has 168 valence electrons. The van der Waals surface area contributed by atoms with E-state index in [1.807, 2.05) is 72.1 Å². The van der Waals surface area contributed by atoms with Crippen molar-refractivity contribution >= 4 is 33.4 Å². The van der Waals surface area contributed by atoms with Gasteiger partial charge < -0.3 is 10.2 Å². The van der Waals surface area contributed by atoms with Crippen molar-refractivity contribution in [2.24, 2.45) is 5.92 Å². The third-order valence-corrected chi connectivity index (χ3v) is 7.01. The summed E-state index contributed by atoms with van der Waals surface area (Å²) in [7, 11) is 0. The Morgan fingerprint density at radius 1 is 1.03 bits per heavy atom. The highest BCUT2D eigenvalue weighted by atomic mass is 32.1. The van der Waals surface area contributed by atoms with E-state index in [0.717, 1.165) is 36.0 Å². The van der Waals surface area contributed by atoms with Crippen molar-refractivity contribution in [2.45, 2.75) is 25.9 Å². The number of thiophene rings is 1. The van der Waals surface area contributed by atoms with E-state index in [0.29, 0.717) is 30.3 Å². The Hall–Kier alpha value is -3.45. The molecule has 1 aliphatic rings. The van der Waals surface area contributed by atoms with Crippen LogP contribution in [0.25, 0.3) is 10.2 Å². The van der Waals surface area contributed by atoms with Crippen LogP contribution in [0.1, 0.15) is 24.0 Å². The molecule has 4 aromatic rings. The maximum atomic E-state index is 13.4. The molecule has 33 heavy (non-hydrogen) atoms. The largest absolute Gasteiger partial charge is 0.352 e. The number of amides is 1. The van der Waals surface area contributed by atoms with Crippen LogP contribution in [0.4, 0.5) is 5.95 Å². The normalized spacial score (nSPS) is 16.1. The third kappa shape index (κ3) is 4.68. The molecular formula is C26H26N4O2S. The number of nitrogens with zero attached hydrogens (tertiary/aromatic N) is 3. The van der Waals surface area contributed by atoms with Gasteiger partial charge in [-0.2, -0.15) is 0 Å². The summed E-state index contributed by atoms with van der Waals surface area (Å²) in [6, 6.07) is 21.8. The van der Waals surface area contributed by atoms with E-state index in [-0.39, 0.29) is 17.4 Å². The van der Waals surface area contributed by atoms with Gasteiger partial charge in [0.05, 0.1) is 18.0 Å². The lowest BCUT2D eigenvalue weighted by molar-refractivity contribution is -0.125. The molecule has 1 fully saturated rings. The first-order chi connectivity index (χ1) is 16.2. The monoisotopic (exact) mass is 458 g/mol. The quantitative estimate of drug-likeness (QED) is 0.474. The van der Waals surface area contributed by atoms with Crippen molar-refractivity contribution in [1.82, 2.24) is 14.9 Å². The van der Waals surface area contributed by atoms with Gasteiger partial charge in [0.2, 0.25) is 11.9 Å². The first-order valence-corrected chi connectivity index (χ1v) is 12.2. The maximum absolute atomic E-state index is 13.4. The molecule has 1 atom stereocenters. The lowest BCUT2D eigenvalue weighted by Crippen LogP contribution is -2.45. The zero-order valence-electron chi connectivity index (χ0n) is 18.3. The van der Waals surface area contributed by atoms with Crippen LogP contribution < -0.4 is 15.8 Å². The highest BCUT2D eigenvalue weighted by Gasteiger charge is 2.28. The van der Waals surface area contributed by atoms with Crippen LogP contribution in [-0.2, 0) is 17.9 Å². The second-order valence-corrected chi connectivity index (χ2v) is 9.33. The molecule has 1 saturated heterocycles. The number of hydrogen-bond acceptors (Lipinski definition) is 5. The number of fused-ring (bicyclic) bond motifs is 1. The highest BCUT2D eigenvalue weighted by molar-refractivity contribution is 7.17. The first-order valence-electron chi connectivity index (χ1n) is 11.3. The number of carbonyl (C=O) groups excluding carboxylic acids is 1. The van der Waals surface area contributed by atoms with Crippen LogP contribution in [0, 0.1) is 5.92 Å².